The van der Waals surface area contributed by atoms with Gasteiger partial charge in [-0.2, -0.15) is 0 Å². The van der Waals surface area contributed by atoms with Crippen molar-refractivity contribution in [1.29, 1.82) is 0 Å². The second kappa shape index (κ2) is 6.76. The van der Waals surface area contributed by atoms with Gasteiger partial charge in [-0.1, -0.05) is 18.2 Å². The average Bonchev–Trinajstić information content (AvgIpc) is 2.99. The number of halogens is 1. The summed E-state index contributed by atoms with van der Waals surface area (Å²) >= 11 is 0. The summed E-state index contributed by atoms with van der Waals surface area (Å²) in [5.41, 5.74) is 2.02. The van der Waals surface area contributed by atoms with Crippen LogP contribution in [-0.4, -0.2) is 34.2 Å². The number of phenols is 2. The summed E-state index contributed by atoms with van der Waals surface area (Å²) in [5, 5.41) is 21.9. The summed E-state index contributed by atoms with van der Waals surface area (Å²) < 4.78 is 0. The van der Waals surface area contributed by atoms with Crippen LogP contribution in [0.15, 0.2) is 24.3 Å². The van der Waals surface area contributed by atoms with E-state index in [0.717, 1.165) is 22.8 Å². The highest BCUT2D eigenvalue weighted by Gasteiger charge is 2.20. The lowest BCUT2D eigenvalue weighted by atomic mass is 9.94. The summed E-state index contributed by atoms with van der Waals surface area (Å²) in [6, 6.07) is 8.32. The van der Waals surface area contributed by atoms with E-state index >= 15 is 0 Å². The molecule has 22 heavy (non-hydrogen) atoms. The molecule has 0 amide bonds. The van der Waals surface area contributed by atoms with Crippen LogP contribution in [0.5, 0.6) is 11.5 Å². The molecule has 1 heterocycles. The Morgan fingerprint density at radius 2 is 1.86 bits per heavy atom. The highest BCUT2D eigenvalue weighted by atomic mass is 35.5. The van der Waals surface area contributed by atoms with Crippen molar-refractivity contribution < 1.29 is 10.2 Å². The Labute approximate surface area is 138 Å². The van der Waals surface area contributed by atoms with Crippen LogP contribution in [0, 0.1) is 6.92 Å². The van der Waals surface area contributed by atoms with Gasteiger partial charge in [0.2, 0.25) is 0 Å². The van der Waals surface area contributed by atoms with Gasteiger partial charge in [0.25, 0.3) is 0 Å². The number of nitrogens with zero attached hydrogens (tertiary/aromatic N) is 1. The van der Waals surface area contributed by atoms with E-state index in [1.165, 1.54) is 31.5 Å². The second-order valence-electron chi connectivity index (χ2n) is 6.18. The van der Waals surface area contributed by atoms with Gasteiger partial charge in [-0.25, -0.2) is 0 Å². The summed E-state index contributed by atoms with van der Waals surface area (Å²) in [5.74, 6) is -0.0338. The topological polar surface area (TPSA) is 43.7 Å². The molecule has 0 aliphatic carbocycles. The Kier molecular flexibility index (Phi) is 5.20. The Morgan fingerprint density at radius 1 is 1.18 bits per heavy atom. The molecule has 2 aromatic carbocycles. The second-order valence-corrected chi connectivity index (χ2v) is 6.18. The number of fused-ring (bicyclic) bond motifs is 1. The Hall–Kier alpha value is -1.45. The number of hydrogen-bond donors (Lipinski definition) is 2. The number of hydrogen-bond acceptors (Lipinski definition) is 3. The zero-order valence-electron chi connectivity index (χ0n) is 13.2. The van der Waals surface area contributed by atoms with Crippen molar-refractivity contribution in [2.45, 2.75) is 39.2 Å². The van der Waals surface area contributed by atoms with Gasteiger partial charge in [0, 0.05) is 11.6 Å². The standard InChI is InChI=1S/C18H23NO2.ClH/c1-12(19-8-3-4-9-19)10-14-6-5-7-15-11-16(20)18(21)13(2)17(14)15;/h5-7,11-12,20-21H,3-4,8-10H2,1-2H3;1H. The fourth-order valence-corrected chi connectivity index (χ4v) is 3.52. The number of phenolic OH excluding ortho intramolecular Hbond substituents is 2. The Bertz CT molecular complexity index is 666. The molecule has 0 spiro atoms. The van der Waals surface area contributed by atoms with Crippen LogP contribution in [0.25, 0.3) is 10.8 Å². The third kappa shape index (κ3) is 3.01. The van der Waals surface area contributed by atoms with Crippen LogP contribution in [0.2, 0.25) is 0 Å². The minimum absolute atomic E-state index is 0. The van der Waals surface area contributed by atoms with Gasteiger partial charge < -0.3 is 15.1 Å². The van der Waals surface area contributed by atoms with E-state index < -0.39 is 0 Å². The molecule has 120 valence electrons. The van der Waals surface area contributed by atoms with Crippen LogP contribution in [0.4, 0.5) is 0 Å². The molecule has 3 rings (SSSR count). The van der Waals surface area contributed by atoms with Crippen LogP contribution in [0.3, 0.4) is 0 Å². The minimum Gasteiger partial charge on any atom is -0.504 e. The van der Waals surface area contributed by atoms with Crippen molar-refractivity contribution in [3.63, 3.8) is 0 Å². The van der Waals surface area contributed by atoms with Crippen LogP contribution < -0.4 is 0 Å². The van der Waals surface area contributed by atoms with Crippen LogP contribution in [-0.2, 0) is 6.42 Å². The predicted molar refractivity (Wildman–Crippen MR) is 93.2 cm³/mol. The van der Waals surface area contributed by atoms with Gasteiger partial charge in [-0.3, -0.25) is 0 Å². The van der Waals surface area contributed by atoms with Crippen LogP contribution >= 0.6 is 12.4 Å². The zero-order chi connectivity index (χ0) is 15.0. The summed E-state index contributed by atoms with van der Waals surface area (Å²) in [6.07, 6.45) is 3.57. The highest BCUT2D eigenvalue weighted by molar-refractivity contribution is 5.92. The van der Waals surface area contributed by atoms with E-state index in [0.29, 0.717) is 6.04 Å². The van der Waals surface area contributed by atoms with Crippen molar-refractivity contribution in [1.82, 2.24) is 4.90 Å². The monoisotopic (exact) mass is 321 g/mol. The zero-order valence-corrected chi connectivity index (χ0v) is 14.0. The van der Waals surface area contributed by atoms with Gasteiger partial charge in [-0.05, 0) is 68.6 Å². The maximum Gasteiger partial charge on any atom is 0.161 e. The molecular formula is C18H24ClNO2. The molecule has 0 radical (unpaired) electrons. The van der Waals surface area contributed by atoms with Gasteiger partial charge in [0.15, 0.2) is 11.5 Å². The van der Waals surface area contributed by atoms with Crippen molar-refractivity contribution in [3.05, 3.63) is 35.4 Å². The molecule has 2 aromatic rings. The summed E-state index contributed by atoms with van der Waals surface area (Å²) in [7, 11) is 0. The lowest BCUT2D eigenvalue weighted by Gasteiger charge is -2.24. The first-order valence-electron chi connectivity index (χ1n) is 7.75. The summed E-state index contributed by atoms with van der Waals surface area (Å²) in [4.78, 5) is 2.54. The lowest BCUT2D eigenvalue weighted by molar-refractivity contribution is 0.258. The quantitative estimate of drug-likeness (QED) is 0.840. The van der Waals surface area contributed by atoms with E-state index in [1.807, 2.05) is 19.1 Å². The van der Waals surface area contributed by atoms with E-state index in [4.69, 9.17) is 0 Å². The summed E-state index contributed by atoms with van der Waals surface area (Å²) in [6.45, 7) is 6.54. The minimum atomic E-state index is -0.0373. The largest absolute Gasteiger partial charge is 0.504 e. The highest BCUT2D eigenvalue weighted by Crippen LogP contribution is 2.37. The average molecular weight is 322 g/mol. The molecule has 3 nitrogen and oxygen atoms in total. The third-order valence-corrected chi connectivity index (χ3v) is 4.73. The smallest absolute Gasteiger partial charge is 0.161 e. The van der Waals surface area contributed by atoms with Gasteiger partial charge in [0.05, 0.1) is 0 Å². The Balaban J connectivity index is 0.00000176. The number of likely N-dealkylation sites (tertiary alicyclic amines) is 1. The van der Waals surface area contributed by atoms with E-state index in [2.05, 4.69) is 17.9 Å². The van der Waals surface area contributed by atoms with Crippen molar-refractivity contribution in [2.24, 2.45) is 0 Å². The molecule has 4 heteroatoms. The molecular weight excluding hydrogens is 298 g/mol. The number of aromatic hydroxyl groups is 2. The molecule has 1 unspecified atom stereocenters. The Morgan fingerprint density at radius 3 is 2.55 bits per heavy atom. The number of benzene rings is 2. The maximum absolute atomic E-state index is 10.0. The molecule has 0 aromatic heterocycles. The molecule has 1 saturated heterocycles. The third-order valence-electron chi connectivity index (χ3n) is 4.73. The number of aryl methyl sites for hydroxylation is 1. The first kappa shape index (κ1) is 16.9. The molecule has 0 bridgehead atoms. The molecule has 1 fully saturated rings. The fourth-order valence-electron chi connectivity index (χ4n) is 3.52. The molecule has 1 atom stereocenters. The van der Waals surface area contributed by atoms with Crippen LogP contribution in [0.1, 0.15) is 30.9 Å². The first-order valence-corrected chi connectivity index (χ1v) is 7.75. The maximum atomic E-state index is 10.0. The molecule has 0 saturated carbocycles. The van der Waals surface area contributed by atoms with Crippen molar-refractivity contribution in [3.8, 4) is 11.5 Å². The lowest BCUT2D eigenvalue weighted by Crippen LogP contribution is -2.31. The fraction of sp³-hybridized carbons (Fsp3) is 0.444. The molecule has 1 aliphatic heterocycles. The van der Waals surface area contributed by atoms with Gasteiger partial charge in [-0.15, -0.1) is 12.4 Å². The predicted octanol–water partition coefficient (Wildman–Crippen LogP) is 4.01. The normalized spacial score (nSPS) is 16.6. The van der Waals surface area contributed by atoms with Crippen molar-refractivity contribution in [2.75, 3.05) is 13.1 Å². The van der Waals surface area contributed by atoms with Crippen molar-refractivity contribution >= 4 is 23.2 Å². The van der Waals surface area contributed by atoms with Gasteiger partial charge in [0.1, 0.15) is 0 Å². The SMILES string of the molecule is Cc1c(O)c(O)cc2cccc(CC(C)N3CCCC3)c12.Cl. The van der Waals surface area contributed by atoms with E-state index in [9.17, 15) is 10.2 Å². The first-order chi connectivity index (χ1) is 10.1. The number of rotatable bonds is 3. The van der Waals surface area contributed by atoms with E-state index in [1.54, 1.807) is 6.07 Å². The molecule has 2 N–H and O–H groups in total. The van der Waals surface area contributed by atoms with E-state index in [-0.39, 0.29) is 23.9 Å². The molecule has 1 aliphatic rings. The van der Waals surface area contributed by atoms with Gasteiger partial charge >= 0.3 is 0 Å².